The molecule has 0 N–H and O–H groups in total. The Labute approximate surface area is 192 Å². The van der Waals surface area contributed by atoms with E-state index in [1.54, 1.807) is 0 Å². The molecule has 4 aromatic rings. The fourth-order valence-electron chi connectivity index (χ4n) is 3.10. The van der Waals surface area contributed by atoms with Gasteiger partial charge < -0.3 is 0 Å². The molecule has 2 radical (unpaired) electrons. The fourth-order valence-corrected chi connectivity index (χ4v) is 5.03. The van der Waals surface area contributed by atoms with Gasteiger partial charge in [0, 0.05) is 0 Å². The maximum atomic E-state index is 5.89. The molecule has 31 heavy (non-hydrogen) atoms. The summed E-state index contributed by atoms with van der Waals surface area (Å²) < 4.78 is 13.0. The zero-order valence-electron chi connectivity index (χ0n) is 18.7. The summed E-state index contributed by atoms with van der Waals surface area (Å²) in [4.78, 5) is 0. The summed E-state index contributed by atoms with van der Waals surface area (Å²) in [6.45, 7) is 13.2. The molecule has 0 unspecified atom stereocenters. The SMILES string of the molecule is CC(C)(C)c1ccc(-c2nn[c]([Sn][c]3nnc(-c4ccc(C(C)(C)C)cc4)o3)o2)cc1. The molecule has 0 saturated carbocycles. The molecule has 0 aliphatic rings. The van der Waals surface area contributed by atoms with Crippen LogP contribution < -0.4 is 7.81 Å². The summed E-state index contributed by atoms with van der Waals surface area (Å²) >= 11 is -1.46. The van der Waals surface area contributed by atoms with Gasteiger partial charge in [-0.25, -0.2) is 0 Å². The van der Waals surface area contributed by atoms with Gasteiger partial charge in [-0.3, -0.25) is 0 Å². The first kappa shape index (κ1) is 21.7. The van der Waals surface area contributed by atoms with E-state index < -0.39 is 21.1 Å². The third kappa shape index (κ3) is 5.06. The van der Waals surface area contributed by atoms with Crippen LogP contribution in [0, 0.1) is 0 Å². The maximum absolute atomic E-state index is 5.89. The van der Waals surface area contributed by atoms with E-state index in [2.05, 4.69) is 86.2 Å². The van der Waals surface area contributed by atoms with Crippen LogP contribution in [0.2, 0.25) is 0 Å². The van der Waals surface area contributed by atoms with E-state index in [1.165, 1.54) is 11.1 Å². The van der Waals surface area contributed by atoms with Gasteiger partial charge in [-0.05, 0) is 0 Å². The van der Waals surface area contributed by atoms with Gasteiger partial charge in [0.15, 0.2) is 0 Å². The Morgan fingerprint density at radius 2 is 0.903 bits per heavy atom. The van der Waals surface area contributed by atoms with Gasteiger partial charge in [0.2, 0.25) is 0 Å². The molecule has 0 atom stereocenters. The summed E-state index contributed by atoms with van der Waals surface area (Å²) in [5.41, 5.74) is 4.57. The summed E-state index contributed by atoms with van der Waals surface area (Å²) in [6, 6.07) is 16.5. The van der Waals surface area contributed by atoms with E-state index >= 15 is 0 Å². The molecular weight excluding hydrogens is 495 g/mol. The molecule has 0 saturated heterocycles. The zero-order chi connectivity index (χ0) is 22.2. The van der Waals surface area contributed by atoms with Crippen LogP contribution in [0.1, 0.15) is 52.7 Å². The Hall–Kier alpha value is -2.48. The normalized spacial score (nSPS) is 12.3. The van der Waals surface area contributed by atoms with Crippen molar-refractivity contribution in [1.82, 2.24) is 20.4 Å². The summed E-state index contributed by atoms with van der Waals surface area (Å²) in [5, 5.41) is 16.8. The average molecular weight is 521 g/mol. The topological polar surface area (TPSA) is 77.8 Å². The van der Waals surface area contributed by atoms with Gasteiger partial charge in [0.1, 0.15) is 0 Å². The van der Waals surface area contributed by atoms with Crippen molar-refractivity contribution in [3.63, 3.8) is 0 Å². The Bertz CT molecular complexity index is 1070. The van der Waals surface area contributed by atoms with Crippen molar-refractivity contribution in [3.05, 3.63) is 59.7 Å². The second-order valence-electron chi connectivity index (χ2n) is 9.60. The molecule has 6 nitrogen and oxygen atoms in total. The first-order valence-electron chi connectivity index (χ1n) is 10.3. The second kappa shape index (κ2) is 8.22. The zero-order valence-corrected chi connectivity index (χ0v) is 21.6. The van der Waals surface area contributed by atoms with Crippen molar-refractivity contribution in [2.45, 2.75) is 52.4 Å². The predicted octanol–water partition coefficient (Wildman–Crippen LogP) is 4.04. The van der Waals surface area contributed by atoms with Gasteiger partial charge in [0.05, 0.1) is 0 Å². The van der Waals surface area contributed by atoms with Crippen molar-refractivity contribution < 1.29 is 8.83 Å². The van der Waals surface area contributed by atoms with Gasteiger partial charge in [-0.15, -0.1) is 0 Å². The third-order valence-electron chi connectivity index (χ3n) is 5.06. The summed E-state index contributed by atoms with van der Waals surface area (Å²) in [7, 11) is 0. The van der Waals surface area contributed by atoms with Gasteiger partial charge in [-0.1, -0.05) is 0 Å². The first-order chi connectivity index (χ1) is 14.6. The minimum absolute atomic E-state index is 0.107. The van der Waals surface area contributed by atoms with Crippen LogP contribution in [-0.4, -0.2) is 41.5 Å². The van der Waals surface area contributed by atoms with Crippen molar-refractivity contribution in [2.75, 3.05) is 0 Å². The molecule has 2 aromatic carbocycles. The van der Waals surface area contributed by atoms with E-state index in [4.69, 9.17) is 8.83 Å². The molecule has 2 heterocycles. The average Bonchev–Trinajstić information content (AvgIpc) is 3.37. The molecule has 0 aliphatic carbocycles. The van der Waals surface area contributed by atoms with Crippen LogP contribution in [0.5, 0.6) is 0 Å². The Morgan fingerprint density at radius 1 is 0.548 bits per heavy atom. The molecule has 7 heteroatoms. The van der Waals surface area contributed by atoms with Crippen LogP contribution in [0.4, 0.5) is 0 Å². The number of benzene rings is 2. The van der Waals surface area contributed by atoms with Crippen molar-refractivity contribution in [3.8, 4) is 22.9 Å². The molecule has 0 amide bonds. The molecule has 0 spiro atoms. The van der Waals surface area contributed by atoms with E-state index in [0.29, 0.717) is 19.6 Å². The number of rotatable bonds is 4. The molecule has 0 fully saturated rings. The fraction of sp³-hybridized carbons (Fsp3) is 0.333. The molecule has 158 valence electrons. The Kier molecular flexibility index (Phi) is 5.77. The van der Waals surface area contributed by atoms with Crippen LogP contribution in [0.3, 0.4) is 0 Å². The standard InChI is InChI=1S/2C12H13N2O.Sn/c2*1-12(2,3)10-6-4-9(5-7-10)11-14-13-8-15-11;/h2*4-7H,1-3H3;. The first-order valence-corrected chi connectivity index (χ1v) is 13.1. The van der Waals surface area contributed by atoms with Crippen LogP contribution in [-0.2, 0) is 10.8 Å². The molecular formula is C24H26N4O2Sn. The van der Waals surface area contributed by atoms with Gasteiger partial charge in [0.25, 0.3) is 0 Å². The predicted molar refractivity (Wildman–Crippen MR) is 122 cm³/mol. The van der Waals surface area contributed by atoms with Crippen LogP contribution >= 0.6 is 0 Å². The Morgan fingerprint density at radius 3 is 1.23 bits per heavy atom. The Balaban J connectivity index is 1.47. The molecule has 0 aliphatic heterocycles. The van der Waals surface area contributed by atoms with E-state index in [0.717, 1.165) is 11.1 Å². The number of nitrogens with zero attached hydrogens (tertiary/aromatic N) is 4. The quantitative estimate of drug-likeness (QED) is 0.378. The number of aromatic nitrogens is 4. The van der Waals surface area contributed by atoms with Crippen LogP contribution in [0.15, 0.2) is 57.4 Å². The van der Waals surface area contributed by atoms with Crippen molar-refractivity contribution in [1.29, 1.82) is 0 Å². The van der Waals surface area contributed by atoms with Gasteiger partial charge in [-0.2, -0.15) is 0 Å². The molecule has 4 rings (SSSR count). The van der Waals surface area contributed by atoms with E-state index in [1.807, 2.05) is 24.3 Å². The van der Waals surface area contributed by atoms with E-state index in [-0.39, 0.29) is 10.8 Å². The van der Waals surface area contributed by atoms with E-state index in [9.17, 15) is 0 Å². The molecule has 0 bridgehead atoms. The van der Waals surface area contributed by atoms with Crippen molar-refractivity contribution in [2.24, 2.45) is 0 Å². The van der Waals surface area contributed by atoms with Crippen LogP contribution in [0.25, 0.3) is 22.9 Å². The third-order valence-corrected chi connectivity index (χ3v) is 7.43. The molecule has 2 aromatic heterocycles. The summed E-state index contributed by atoms with van der Waals surface area (Å²) in [6.07, 6.45) is 0. The summed E-state index contributed by atoms with van der Waals surface area (Å²) in [5.74, 6) is 1.04. The number of hydrogen-bond donors (Lipinski definition) is 0. The minimum atomic E-state index is -1.46. The monoisotopic (exact) mass is 522 g/mol. The second-order valence-corrected chi connectivity index (χ2v) is 12.8. The van der Waals surface area contributed by atoms with Crippen molar-refractivity contribution >= 4 is 29.0 Å². The number of hydrogen-bond acceptors (Lipinski definition) is 6. The van der Waals surface area contributed by atoms with Gasteiger partial charge >= 0.3 is 193 Å².